The number of rotatable bonds is 5. The number of carbonyl (C=O) groups is 2. The number of ether oxygens (including phenoxy) is 1. The first-order chi connectivity index (χ1) is 5.81. The maximum absolute atomic E-state index is 11.0. The first-order valence-corrected chi connectivity index (χ1v) is 3.99. The van der Waals surface area contributed by atoms with E-state index in [0.29, 0.717) is 4.48 Å². The minimum absolute atomic E-state index is 0.0475. The molecule has 0 aromatic rings. The zero-order chi connectivity index (χ0) is 10.5. The molecule has 0 heterocycles. The fourth-order valence-electron chi connectivity index (χ4n) is 0.685. The predicted octanol–water partition coefficient (Wildman–Crippen LogP) is -0.289. The average molecular weight is 190 g/mol. The summed E-state index contributed by atoms with van der Waals surface area (Å²) >= 11 is 0. The van der Waals surface area contributed by atoms with Crippen molar-refractivity contribution in [1.82, 2.24) is 0 Å². The van der Waals surface area contributed by atoms with Crippen molar-refractivity contribution in [2.75, 3.05) is 34.3 Å². The number of nitrogens with zero attached hydrogens (tertiary/aromatic N) is 1. The molecule has 13 heavy (non-hydrogen) atoms. The first kappa shape index (κ1) is 11.9. The van der Waals surface area contributed by atoms with Gasteiger partial charge in [0, 0.05) is 0 Å². The van der Waals surface area contributed by atoms with Gasteiger partial charge in [0.25, 0.3) is 0 Å². The van der Waals surface area contributed by atoms with Gasteiger partial charge in [-0.3, -0.25) is 4.79 Å². The van der Waals surface area contributed by atoms with Crippen molar-refractivity contribution in [3.05, 3.63) is 0 Å². The fourth-order valence-corrected chi connectivity index (χ4v) is 0.685. The van der Waals surface area contributed by atoms with Crippen LogP contribution in [0, 0.1) is 0 Å². The first-order valence-electron chi connectivity index (χ1n) is 3.99. The van der Waals surface area contributed by atoms with E-state index < -0.39 is 5.97 Å². The Morgan fingerprint density at radius 1 is 1.31 bits per heavy atom. The van der Waals surface area contributed by atoms with E-state index in [1.54, 1.807) is 0 Å². The number of quaternary nitrogens is 1. The van der Waals surface area contributed by atoms with Crippen LogP contribution in [0.15, 0.2) is 0 Å². The lowest BCUT2D eigenvalue weighted by atomic mass is 10.4. The maximum Gasteiger partial charge on any atom is 0.361 e. The molecule has 0 saturated carbocycles. The normalized spacial score (nSPS) is 11.0. The van der Waals surface area contributed by atoms with Gasteiger partial charge in [0.15, 0.2) is 6.54 Å². The second-order valence-electron chi connectivity index (χ2n) is 3.81. The van der Waals surface area contributed by atoms with E-state index >= 15 is 0 Å². The molecular weight excluding hydrogens is 174 g/mol. The van der Waals surface area contributed by atoms with Crippen molar-refractivity contribution < 1.29 is 23.9 Å². The van der Waals surface area contributed by atoms with Gasteiger partial charge in [-0.2, -0.15) is 0 Å². The number of aliphatic carboxylic acids is 1. The summed E-state index contributed by atoms with van der Waals surface area (Å²) in [7, 11) is 5.58. The van der Waals surface area contributed by atoms with Gasteiger partial charge in [-0.25, -0.2) is 4.79 Å². The van der Waals surface area contributed by atoms with Crippen LogP contribution >= 0.6 is 0 Å². The van der Waals surface area contributed by atoms with Gasteiger partial charge < -0.3 is 14.3 Å². The monoisotopic (exact) mass is 190 g/mol. The Morgan fingerprint density at radius 2 is 1.85 bits per heavy atom. The van der Waals surface area contributed by atoms with E-state index in [1.165, 1.54) is 0 Å². The van der Waals surface area contributed by atoms with Gasteiger partial charge in [-0.1, -0.05) is 0 Å². The Hall–Kier alpha value is -1.10. The molecule has 5 nitrogen and oxygen atoms in total. The van der Waals surface area contributed by atoms with Gasteiger partial charge in [0.2, 0.25) is 0 Å². The number of likely N-dealkylation sites (N-methyl/N-ethyl adjacent to an activating group) is 1. The summed E-state index contributed by atoms with van der Waals surface area (Å²) in [4.78, 5) is 21.1. The van der Waals surface area contributed by atoms with Crippen molar-refractivity contribution >= 4 is 11.9 Å². The third-order valence-corrected chi connectivity index (χ3v) is 1.18. The van der Waals surface area contributed by atoms with Gasteiger partial charge in [0.05, 0.1) is 27.6 Å². The minimum atomic E-state index is -0.960. The lowest BCUT2D eigenvalue weighted by molar-refractivity contribution is -0.862. The highest BCUT2D eigenvalue weighted by Crippen LogP contribution is 1.92. The van der Waals surface area contributed by atoms with Crippen molar-refractivity contribution in [1.29, 1.82) is 0 Å². The Morgan fingerprint density at radius 3 is 2.23 bits per heavy atom. The lowest BCUT2D eigenvalue weighted by Gasteiger charge is -2.22. The molecule has 0 bridgehead atoms. The highest BCUT2D eigenvalue weighted by molar-refractivity contribution is 5.71. The van der Waals surface area contributed by atoms with E-state index in [0.717, 1.165) is 0 Å². The van der Waals surface area contributed by atoms with E-state index in [4.69, 9.17) is 9.84 Å². The lowest BCUT2D eigenvalue weighted by Crippen LogP contribution is -2.40. The molecule has 0 aliphatic heterocycles. The van der Waals surface area contributed by atoms with Crippen LogP contribution in [0.2, 0.25) is 0 Å². The second-order valence-corrected chi connectivity index (χ2v) is 3.81. The summed E-state index contributed by atoms with van der Waals surface area (Å²) in [6.07, 6.45) is -0.136. The predicted molar refractivity (Wildman–Crippen MR) is 46.1 cm³/mol. The number of carboxylic acid groups (broad SMARTS) is 1. The summed E-state index contributed by atoms with van der Waals surface area (Å²) in [5.41, 5.74) is 0. The highest BCUT2D eigenvalue weighted by atomic mass is 16.5. The van der Waals surface area contributed by atoms with Crippen molar-refractivity contribution in [2.45, 2.75) is 6.42 Å². The Bertz CT molecular complexity index is 195. The molecule has 0 spiro atoms. The van der Waals surface area contributed by atoms with E-state index in [9.17, 15) is 9.59 Å². The molecule has 0 atom stereocenters. The number of carboxylic acids is 1. The molecular formula is C8H16NO4+. The molecule has 0 radical (unpaired) electrons. The van der Waals surface area contributed by atoms with Crippen LogP contribution in [0.4, 0.5) is 0 Å². The Balaban J connectivity index is 3.59. The number of hydrogen-bond donors (Lipinski definition) is 1. The molecule has 76 valence electrons. The summed E-state index contributed by atoms with van der Waals surface area (Å²) in [6, 6.07) is 0. The third kappa shape index (κ3) is 8.81. The van der Waals surface area contributed by atoms with Crippen LogP contribution in [-0.2, 0) is 14.3 Å². The maximum atomic E-state index is 11.0. The van der Waals surface area contributed by atoms with Gasteiger partial charge in [-0.15, -0.1) is 0 Å². The molecule has 0 fully saturated rings. The van der Waals surface area contributed by atoms with Crippen molar-refractivity contribution in [3.63, 3.8) is 0 Å². The van der Waals surface area contributed by atoms with Crippen molar-refractivity contribution in [2.24, 2.45) is 0 Å². The molecule has 0 saturated heterocycles. The fraction of sp³-hybridized carbons (Fsp3) is 0.750. The SMILES string of the molecule is C[N+](C)(C)CC(=O)OCCC(=O)O. The van der Waals surface area contributed by atoms with Crippen LogP contribution in [-0.4, -0.2) is 55.8 Å². The smallest absolute Gasteiger partial charge is 0.361 e. The van der Waals surface area contributed by atoms with Gasteiger partial charge in [-0.05, 0) is 0 Å². The molecule has 0 aromatic carbocycles. The molecule has 0 amide bonds. The zero-order valence-electron chi connectivity index (χ0n) is 8.24. The second kappa shape index (κ2) is 4.81. The molecule has 1 N–H and O–H groups in total. The van der Waals surface area contributed by atoms with Crippen LogP contribution < -0.4 is 0 Å². The van der Waals surface area contributed by atoms with E-state index in [-0.39, 0.29) is 25.5 Å². The largest absolute Gasteiger partial charge is 0.481 e. The van der Waals surface area contributed by atoms with Crippen molar-refractivity contribution in [3.8, 4) is 0 Å². The molecule has 0 aromatic heterocycles. The number of esters is 1. The summed E-state index contributed by atoms with van der Waals surface area (Å²) in [5.74, 6) is -1.33. The van der Waals surface area contributed by atoms with E-state index in [1.807, 2.05) is 21.1 Å². The average Bonchev–Trinajstić information content (AvgIpc) is 1.81. The van der Waals surface area contributed by atoms with Crippen LogP contribution in [0.3, 0.4) is 0 Å². The molecule has 0 unspecified atom stereocenters. The molecule has 0 rings (SSSR count). The third-order valence-electron chi connectivity index (χ3n) is 1.18. The van der Waals surface area contributed by atoms with Crippen LogP contribution in [0.1, 0.15) is 6.42 Å². The van der Waals surface area contributed by atoms with Crippen LogP contribution in [0.25, 0.3) is 0 Å². The minimum Gasteiger partial charge on any atom is -0.481 e. The highest BCUT2D eigenvalue weighted by Gasteiger charge is 2.15. The summed E-state index contributed by atoms with van der Waals surface area (Å²) < 4.78 is 5.17. The van der Waals surface area contributed by atoms with E-state index in [2.05, 4.69) is 0 Å². The number of hydrogen-bond acceptors (Lipinski definition) is 3. The van der Waals surface area contributed by atoms with Crippen LogP contribution in [0.5, 0.6) is 0 Å². The molecule has 0 aliphatic rings. The summed E-state index contributed by atoms with van der Waals surface area (Å²) in [5, 5.41) is 8.26. The molecule has 0 aliphatic carbocycles. The Labute approximate surface area is 77.5 Å². The topological polar surface area (TPSA) is 63.6 Å². The quantitative estimate of drug-likeness (QED) is 0.478. The summed E-state index contributed by atoms with van der Waals surface area (Å²) in [6.45, 7) is 0.202. The van der Waals surface area contributed by atoms with Gasteiger partial charge in [0.1, 0.15) is 6.61 Å². The molecule has 5 heteroatoms. The number of carbonyl (C=O) groups excluding carboxylic acids is 1. The Kier molecular flexibility index (Phi) is 4.40. The van der Waals surface area contributed by atoms with Gasteiger partial charge >= 0.3 is 11.9 Å². The zero-order valence-corrected chi connectivity index (χ0v) is 8.24. The standard InChI is InChI=1S/C8H15NO4/c1-9(2,3)6-8(12)13-5-4-7(10)11/h4-6H2,1-3H3/p+1.